The van der Waals surface area contributed by atoms with Crippen molar-refractivity contribution in [1.82, 2.24) is 15.2 Å². The fourth-order valence-corrected chi connectivity index (χ4v) is 3.50. The van der Waals surface area contributed by atoms with E-state index in [1.807, 2.05) is 18.2 Å². The molecule has 1 aromatic heterocycles. The number of nitrogens with zero attached hydrogens (tertiary/aromatic N) is 2. The van der Waals surface area contributed by atoms with Crippen LogP contribution in [-0.4, -0.2) is 35.4 Å². The van der Waals surface area contributed by atoms with E-state index in [-0.39, 0.29) is 11.9 Å². The van der Waals surface area contributed by atoms with Gasteiger partial charge in [-0.2, -0.15) is 0 Å². The molecule has 2 aromatic rings. The van der Waals surface area contributed by atoms with Crippen LogP contribution in [-0.2, 0) is 11.2 Å². The van der Waals surface area contributed by atoms with Gasteiger partial charge in [0.15, 0.2) is 0 Å². The quantitative estimate of drug-likeness (QED) is 0.879. The number of hydrogen-bond acceptors (Lipinski definition) is 3. The van der Waals surface area contributed by atoms with Gasteiger partial charge >= 0.3 is 0 Å². The molecule has 0 spiro atoms. The summed E-state index contributed by atoms with van der Waals surface area (Å²) in [6, 6.07) is 14.6. The van der Waals surface area contributed by atoms with Crippen LogP contribution in [0.5, 0.6) is 0 Å². The van der Waals surface area contributed by atoms with Crippen LogP contribution in [0, 0.1) is 0 Å². The second kappa shape index (κ2) is 9.33. The highest BCUT2D eigenvalue weighted by atomic mass is 16.1. The van der Waals surface area contributed by atoms with Gasteiger partial charge in [0.25, 0.3) is 0 Å². The van der Waals surface area contributed by atoms with E-state index in [4.69, 9.17) is 0 Å². The Labute approximate surface area is 150 Å². The van der Waals surface area contributed by atoms with Crippen LogP contribution in [0.15, 0.2) is 54.9 Å². The lowest BCUT2D eigenvalue weighted by atomic mass is 10.0. The standard InChI is InChI=1S/C21H27N3O/c25-21(15-18-9-8-12-22-16-18)23-17-20(19-10-4-3-5-11-19)24-13-6-1-2-7-14-24/h3-5,8-12,16,20H,1-2,6-7,13-15,17H2,(H,23,25)/t20-/m1/s1. The third-order valence-electron chi connectivity index (χ3n) is 4.85. The van der Waals surface area contributed by atoms with Crippen LogP contribution >= 0.6 is 0 Å². The molecule has 1 N–H and O–H groups in total. The molecule has 0 radical (unpaired) electrons. The van der Waals surface area contributed by atoms with E-state index < -0.39 is 0 Å². The predicted octanol–water partition coefficient (Wildman–Crippen LogP) is 3.36. The Morgan fingerprint density at radius 1 is 1.04 bits per heavy atom. The molecular weight excluding hydrogens is 310 g/mol. The number of hydrogen-bond donors (Lipinski definition) is 1. The van der Waals surface area contributed by atoms with Gasteiger partial charge in [-0.1, -0.05) is 49.2 Å². The van der Waals surface area contributed by atoms with E-state index >= 15 is 0 Å². The summed E-state index contributed by atoms with van der Waals surface area (Å²) in [4.78, 5) is 19.0. The number of rotatable bonds is 6. The number of benzene rings is 1. The number of carbonyl (C=O) groups excluding carboxylic acids is 1. The highest BCUT2D eigenvalue weighted by Crippen LogP contribution is 2.23. The van der Waals surface area contributed by atoms with Gasteiger partial charge in [-0.25, -0.2) is 0 Å². The van der Waals surface area contributed by atoms with Crippen molar-refractivity contribution in [2.75, 3.05) is 19.6 Å². The summed E-state index contributed by atoms with van der Waals surface area (Å²) in [6.07, 6.45) is 8.97. The van der Waals surface area contributed by atoms with Gasteiger partial charge in [0.05, 0.1) is 12.5 Å². The second-order valence-corrected chi connectivity index (χ2v) is 6.72. The normalized spacial score (nSPS) is 16.8. The molecule has 132 valence electrons. The Bertz CT molecular complexity index is 637. The van der Waals surface area contributed by atoms with Crippen LogP contribution in [0.3, 0.4) is 0 Å². The summed E-state index contributed by atoms with van der Waals surface area (Å²) in [5.74, 6) is 0.0590. The molecule has 3 rings (SSSR count). The van der Waals surface area contributed by atoms with Crippen molar-refractivity contribution in [1.29, 1.82) is 0 Å². The van der Waals surface area contributed by atoms with Crippen molar-refractivity contribution in [2.24, 2.45) is 0 Å². The molecule has 0 aliphatic carbocycles. The number of amides is 1. The first-order chi connectivity index (χ1) is 12.3. The molecule has 0 bridgehead atoms. The maximum Gasteiger partial charge on any atom is 0.224 e. The molecule has 1 amide bonds. The molecule has 0 saturated carbocycles. The molecule has 1 saturated heterocycles. The largest absolute Gasteiger partial charge is 0.354 e. The Morgan fingerprint density at radius 3 is 2.48 bits per heavy atom. The van der Waals surface area contributed by atoms with Gasteiger partial charge < -0.3 is 5.32 Å². The van der Waals surface area contributed by atoms with Gasteiger partial charge in [-0.05, 0) is 43.1 Å². The molecule has 1 atom stereocenters. The van der Waals surface area contributed by atoms with Crippen molar-refractivity contribution in [3.05, 3.63) is 66.0 Å². The highest BCUT2D eigenvalue weighted by molar-refractivity contribution is 5.78. The number of aromatic nitrogens is 1. The van der Waals surface area contributed by atoms with E-state index in [1.54, 1.807) is 12.4 Å². The Balaban J connectivity index is 1.64. The average Bonchev–Trinajstić information content (AvgIpc) is 2.93. The number of carbonyl (C=O) groups is 1. The summed E-state index contributed by atoms with van der Waals surface area (Å²) in [7, 11) is 0. The van der Waals surface area contributed by atoms with Crippen LogP contribution in [0.2, 0.25) is 0 Å². The first kappa shape index (κ1) is 17.6. The van der Waals surface area contributed by atoms with Crippen molar-refractivity contribution >= 4 is 5.91 Å². The third kappa shape index (κ3) is 5.40. The Hall–Kier alpha value is -2.20. The highest BCUT2D eigenvalue weighted by Gasteiger charge is 2.22. The minimum Gasteiger partial charge on any atom is -0.354 e. The van der Waals surface area contributed by atoms with Gasteiger partial charge in [0.2, 0.25) is 5.91 Å². The number of likely N-dealkylation sites (tertiary alicyclic amines) is 1. The molecule has 2 heterocycles. The monoisotopic (exact) mass is 337 g/mol. The molecule has 1 aromatic carbocycles. The third-order valence-corrected chi connectivity index (χ3v) is 4.85. The van der Waals surface area contributed by atoms with E-state index in [2.05, 4.69) is 39.5 Å². The van der Waals surface area contributed by atoms with Crippen molar-refractivity contribution in [3.8, 4) is 0 Å². The average molecular weight is 337 g/mol. The fourth-order valence-electron chi connectivity index (χ4n) is 3.50. The zero-order valence-electron chi connectivity index (χ0n) is 14.7. The van der Waals surface area contributed by atoms with Gasteiger partial charge in [-0.15, -0.1) is 0 Å². The predicted molar refractivity (Wildman–Crippen MR) is 100 cm³/mol. The molecule has 1 aliphatic rings. The SMILES string of the molecule is O=C(Cc1cccnc1)NC[C@H](c1ccccc1)N1CCCCCC1. The first-order valence-corrected chi connectivity index (χ1v) is 9.27. The minimum absolute atomic E-state index is 0.0590. The lowest BCUT2D eigenvalue weighted by Crippen LogP contribution is -2.39. The summed E-state index contributed by atoms with van der Waals surface area (Å²) < 4.78 is 0. The molecule has 25 heavy (non-hydrogen) atoms. The van der Waals surface area contributed by atoms with Crippen LogP contribution < -0.4 is 5.32 Å². The number of nitrogens with one attached hydrogen (secondary N) is 1. The molecular formula is C21H27N3O. The van der Waals surface area contributed by atoms with E-state index in [0.29, 0.717) is 13.0 Å². The van der Waals surface area contributed by atoms with E-state index in [1.165, 1.54) is 31.2 Å². The summed E-state index contributed by atoms with van der Waals surface area (Å²) in [5.41, 5.74) is 2.23. The molecule has 4 heteroatoms. The van der Waals surface area contributed by atoms with E-state index in [0.717, 1.165) is 18.7 Å². The zero-order chi connectivity index (χ0) is 17.3. The molecule has 1 fully saturated rings. The molecule has 1 aliphatic heterocycles. The first-order valence-electron chi connectivity index (χ1n) is 9.27. The topological polar surface area (TPSA) is 45.2 Å². The lowest BCUT2D eigenvalue weighted by Gasteiger charge is -2.31. The van der Waals surface area contributed by atoms with Crippen molar-refractivity contribution < 1.29 is 4.79 Å². The molecule has 4 nitrogen and oxygen atoms in total. The second-order valence-electron chi connectivity index (χ2n) is 6.72. The fraction of sp³-hybridized carbons (Fsp3) is 0.429. The van der Waals surface area contributed by atoms with Crippen molar-refractivity contribution in [2.45, 2.75) is 38.1 Å². The Morgan fingerprint density at radius 2 is 1.80 bits per heavy atom. The lowest BCUT2D eigenvalue weighted by molar-refractivity contribution is -0.120. The van der Waals surface area contributed by atoms with Crippen LogP contribution in [0.1, 0.15) is 42.9 Å². The van der Waals surface area contributed by atoms with Crippen LogP contribution in [0.25, 0.3) is 0 Å². The van der Waals surface area contributed by atoms with Gasteiger partial charge in [-0.3, -0.25) is 14.7 Å². The van der Waals surface area contributed by atoms with Gasteiger partial charge in [0.1, 0.15) is 0 Å². The summed E-state index contributed by atoms with van der Waals surface area (Å²) in [5, 5.41) is 3.14. The van der Waals surface area contributed by atoms with Crippen molar-refractivity contribution in [3.63, 3.8) is 0 Å². The van der Waals surface area contributed by atoms with E-state index in [9.17, 15) is 4.79 Å². The summed E-state index contributed by atoms with van der Waals surface area (Å²) in [6.45, 7) is 2.87. The maximum absolute atomic E-state index is 12.3. The number of pyridine rings is 1. The minimum atomic E-state index is 0.0590. The smallest absolute Gasteiger partial charge is 0.224 e. The summed E-state index contributed by atoms with van der Waals surface area (Å²) >= 11 is 0. The molecule has 0 unspecified atom stereocenters. The zero-order valence-corrected chi connectivity index (χ0v) is 14.7. The van der Waals surface area contributed by atoms with Crippen LogP contribution in [0.4, 0.5) is 0 Å². The maximum atomic E-state index is 12.3. The van der Waals surface area contributed by atoms with Gasteiger partial charge in [0, 0.05) is 18.9 Å². The Kier molecular flexibility index (Phi) is 6.57.